The van der Waals surface area contributed by atoms with Crippen molar-refractivity contribution in [3.8, 4) is 17.7 Å². The number of carbonyl (C=O) groups is 1. The van der Waals surface area contributed by atoms with Crippen LogP contribution in [0.3, 0.4) is 0 Å². The molecular weight excluding hydrogens is 380 g/mol. The highest BCUT2D eigenvalue weighted by Crippen LogP contribution is 2.25. The van der Waals surface area contributed by atoms with Crippen molar-refractivity contribution in [2.45, 2.75) is 6.92 Å². The van der Waals surface area contributed by atoms with Crippen LogP contribution in [-0.4, -0.2) is 21.8 Å². The molecule has 0 saturated heterocycles. The molecular formula is C20H15ClN4O3. The van der Waals surface area contributed by atoms with Crippen LogP contribution in [0.1, 0.15) is 12.5 Å². The lowest BCUT2D eigenvalue weighted by Gasteiger charge is -2.10. The van der Waals surface area contributed by atoms with Crippen molar-refractivity contribution in [1.82, 2.24) is 14.7 Å². The van der Waals surface area contributed by atoms with Crippen LogP contribution in [0, 0.1) is 11.3 Å². The van der Waals surface area contributed by atoms with Gasteiger partial charge in [0, 0.05) is 17.8 Å². The van der Waals surface area contributed by atoms with Crippen LogP contribution in [0.5, 0.6) is 11.6 Å². The lowest BCUT2D eigenvalue weighted by Crippen LogP contribution is -2.25. The smallest absolute Gasteiger partial charge is 0.269 e. The predicted molar refractivity (Wildman–Crippen MR) is 105 cm³/mol. The Hall–Kier alpha value is -3.63. The molecule has 0 radical (unpaired) electrons. The monoisotopic (exact) mass is 394 g/mol. The van der Waals surface area contributed by atoms with Crippen LogP contribution in [0.25, 0.3) is 11.7 Å². The number of rotatable bonds is 5. The van der Waals surface area contributed by atoms with E-state index in [1.807, 2.05) is 6.07 Å². The summed E-state index contributed by atoms with van der Waals surface area (Å²) >= 11 is 5.89. The number of halogens is 1. The van der Waals surface area contributed by atoms with Crippen LogP contribution in [0.2, 0.25) is 5.02 Å². The zero-order chi connectivity index (χ0) is 20.1. The Bertz CT molecular complexity index is 1160. The van der Waals surface area contributed by atoms with Crippen LogP contribution in [0.4, 0.5) is 0 Å². The molecule has 1 N–H and O–H groups in total. The maximum Gasteiger partial charge on any atom is 0.269 e. The molecule has 0 fully saturated rings. The number of hydrogen-bond acceptors (Lipinski definition) is 5. The molecule has 140 valence electrons. The third kappa shape index (κ3) is 4.03. The largest absolute Gasteiger partial charge is 0.438 e. The predicted octanol–water partition coefficient (Wildman–Crippen LogP) is 3.18. The lowest BCUT2D eigenvalue weighted by atomic mass is 10.1. The number of pyridine rings is 1. The average Bonchev–Trinajstić information content (AvgIpc) is 2.70. The second-order valence-electron chi connectivity index (χ2n) is 5.65. The van der Waals surface area contributed by atoms with E-state index >= 15 is 0 Å². The van der Waals surface area contributed by atoms with Gasteiger partial charge in [0.15, 0.2) is 0 Å². The summed E-state index contributed by atoms with van der Waals surface area (Å²) in [5.74, 6) is -0.196. The summed E-state index contributed by atoms with van der Waals surface area (Å²) in [5, 5.41) is 12.4. The molecule has 28 heavy (non-hydrogen) atoms. The number of nitriles is 1. The second-order valence-corrected chi connectivity index (χ2v) is 6.09. The van der Waals surface area contributed by atoms with Gasteiger partial charge in [-0.1, -0.05) is 17.7 Å². The van der Waals surface area contributed by atoms with Crippen molar-refractivity contribution < 1.29 is 9.53 Å². The number of amides is 1. The van der Waals surface area contributed by atoms with Crippen molar-refractivity contribution >= 4 is 29.2 Å². The van der Waals surface area contributed by atoms with Crippen molar-refractivity contribution in [2.24, 2.45) is 0 Å². The zero-order valence-electron chi connectivity index (χ0n) is 14.8. The molecule has 0 atom stereocenters. The molecule has 0 bridgehead atoms. The Morgan fingerprint density at radius 2 is 2.07 bits per heavy atom. The minimum Gasteiger partial charge on any atom is -0.438 e. The summed E-state index contributed by atoms with van der Waals surface area (Å²) in [6.45, 7) is 2.08. The number of aromatic nitrogens is 2. The van der Waals surface area contributed by atoms with Crippen LogP contribution < -0.4 is 15.6 Å². The number of ether oxygens (including phenoxy) is 1. The first-order valence-electron chi connectivity index (χ1n) is 8.38. The van der Waals surface area contributed by atoms with Gasteiger partial charge in [-0.15, -0.1) is 0 Å². The molecule has 0 unspecified atom stereocenters. The Morgan fingerprint density at radius 3 is 2.75 bits per heavy atom. The summed E-state index contributed by atoms with van der Waals surface area (Å²) in [6, 6.07) is 13.4. The molecule has 0 saturated carbocycles. The number of hydrogen-bond donors (Lipinski definition) is 1. The topological polar surface area (TPSA) is 96.5 Å². The molecule has 2 heterocycles. The highest BCUT2D eigenvalue weighted by atomic mass is 35.5. The first-order chi connectivity index (χ1) is 13.5. The summed E-state index contributed by atoms with van der Waals surface area (Å²) < 4.78 is 7.08. The molecule has 2 aromatic heterocycles. The van der Waals surface area contributed by atoms with Gasteiger partial charge in [-0.3, -0.25) is 14.0 Å². The van der Waals surface area contributed by atoms with E-state index in [0.29, 0.717) is 23.0 Å². The number of likely N-dealkylation sites (N-methyl/N-ethyl adjacent to an activating group) is 1. The quantitative estimate of drug-likeness (QED) is 0.529. The number of fused-ring (bicyclic) bond motifs is 1. The van der Waals surface area contributed by atoms with E-state index in [2.05, 4.69) is 10.3 Å². The van der Waals surface area contributed by atoms with Gasteiger partial charge in [0.05, 0.1) is 0 Å². The van der Waals surface area contributed by atoms with Gasteiger partial charge < -0.3 is 10.1 Å². The fourth-order valence-electron chi connectivity index (χ4n) is 2.45. The molecule has 0 aliphatic rings. The fourth-order valence-corrected chi connectivity index (χ4v) is 2.57. The van der Waals surface area contributed by atoms with Gasteiger partial charge in [-0.05, 0) is 49.4 Å². The Balaban J connectivity index is 2.19. The SMILES string of the molecule is CCNC(=O)/C(C#N)=C/c1c(Oc2ccc(Cl)cc2)nc2ccccn2c1=O. The van der Waals surface area contributed by atoms with E-state index in [1.165, 1.54) is 10.5 Å². The summed E-state index contributed by atoms with van der Waals surface area (Å²) in [6.07, 6.45) is 2.73. The Kier molecular flexibility index (Phi) is 5.72. The van der Waals surface area contributed by atoms with Crippen molar-refractivity contribution in [3.63, 3.8) is 0 Å². The minimum atomic E-state index is -0.583. The van der Waals surface area contributed by atoms with E-state index in [-0.39, 0.29) is 17.0 Å². The lowest BCUT2D eigenvalue weighted by molar-refractivity contribution is -0.116. The second kappa shape index (κ2) is 8.37. The van der Waals surface area contributed by atoms with Gasteiger partial charge in [-0.2, -0.15) is 10.2 Å². The molecule has 8 heteroatoms. The maximum absolute atomic E-state index is 13.0. The summed E-state index contributed by atoms with van der Waals surface area (Å²) in [4.78, 5) is 29.4. The van der Waals surface area contributed by atoms with Gasteiger partial charge in [-0.25, -0.2) is 0 Å². The number of nitrogens with one attached hydrogen (secondary N) is 1. The normalized spacial score (nSPS) is 11.1. The number of nitrogens with zero attached hydrogens (tertiary/aromatic N) is 3. The van der Waals surface area contributed by atoms with Gasteiger partial charge >= 0.3 is 0 Å². The summed E-state index contributed by atoms with van der Waals surface area (Å²) in [5.41, 5.74) is -0.337. The standard InChI is InChI=1S/C20H15ClN4O3/c1-2-23-18(26)13(12-22)11-16-19(28-15-8-6-14(21)7-9-15)24-17-5-3-4-10-25(17)20(16)27/h3-11H,2H2,1H3,(H,23,26)/b13-11+. The van der Waals surface area contributed by atoms with Crippen LogP contribution in [0.15, 0.2) is 59.0 Å². The number of carbonyl (C=O) groups excluding carboxylic acids is 1. The third-order valence-electron chi connectivity index (χ3n) is 3.75. The van der Waals surface area contributed by atoms with Gasteiger partial charge in [0.2, 0.25) is 5.88 Å². The van der Waals surface area contributed by atoms with E-state index < -0.39 is 11.5 Å². The highest BCUT2D eigenvalue weighted by molar-refractivity contribution is 6.30. The van der Waals surface area contributed by atoms with E-state index in [1.54, 1.807) is 55.6 Å². The minimum absolute atomic E-state index is 0.0125. The first-order valence-corrected chi connectivity index (χ1v) is 8.76. The first kappa shape index (κ1) is 19.1. The molecule has 0 aliphatic heterocycles. The van der Waals surface area contributed by atoms with Crippen LogP contribution >= 0.6 is 11.6 Å². The van der Waals surface area contributed by atoms with E-state index in [4.69, 9.17) is 16.3 Å². The average molecular weight is 395 g/mol. The molecule has 1 aromatic carbocycles. The van der Waals surface area contributed by atoms with Gasteiger partial charge in [0.25, 0.3) is 11.5 Å². The number of benzene rings is 1. The molecule has 3 rings (SSSR count). The molecule has 3 aromatic rings. The summed E-state index contributed by atoms with van der Waals surface area (Å²) in [7, 11) is 0. The molecule has 0 aliphatic carbocycles. The highest BCUT2D eigenvalue weighted by Gasteiger charge is 2.17. The Labute approximate surface area is 165 Å². The molecule has 1 amide bonds. The van der Waals surface area contributed by atoms with Gasteiger partial charge in [0.1, 0.15) is 28.6 Å². The van der Waals surface area contributed by atoms with Crippen LogP contribution in [-0.2, 0) is 4.79 Å². The van der Waals surface area contributed by atoms with Crippen molar-refractivity contribution in [3.05, 3.63) is 75.2 Å². The molecule has 7 nitrogen and oxygen atoms in total. The maximum atomic E-state index is 13.0. The zero-order valence-corrected chi connectivity index (χ0v) is 15.6. The molecule has 0 spiro atoms. The fraction of sp³-hybridized carbons (Fsp3) is 0.100. The van der Waals surface area contributed by atoms with E-state index in [9.17, 15) is 14.9 Å². The third-order valence-corrected chi connectivity index (χ3v) is 4.01. The van der Waals surface area contributed by atoms with Crippen molar-refractivity contribution in [2.75, 3.05) is 6.54 Å². The van der Waals surface area contributed by atoms with E-state index in [0.717, 1.165) is 0 Å². The Morgan fingerprint density at radius 1 is 1.32 bits per heavy atom. The van der Waals surface area contributed by atoms with Crippen molar-refractivity contribution in [1.29, 1.82) is 5.26 Å².